The van der Waals surface area contributed by atoms with E-state index in [0.29, 0.717) is 5.13 Å². The van der Waals surface area contributed by atoms with Gasteiger partial charge in [0.1, 0.15) is 0 Å². The van der Waals surface area contributed by atoms with Crippen molar-refractivity contribution in [2.75, 3.05) is 5.73 Å². The van der Waals surface area contributed by atoms with Crippen LogP contribution in [0.5, 0.6) is 0 Å². The first kappa shape index (κ1) is 11.9. The third kappa shape index (κ3) is 2.94. The minimum absolute atomic E-state index is 0.0597. The third-order valence-electron chi connectivity index (χ3n) is 2.34. The van der Waals surface area contributed by atoms with Gasteiger partial charge in [0.05, 0.1) is 17.7 Å². The van der Waals surface area contributed by atoms with Gasteiger partial charge in [-0.25, -0.2) is 9.97 Å². The van der Waals surface area contributed by atoms with E-state index in [-0.39, 0.29) is 5.54 Å². The van der Waals surface area contributed by atoms with Crippen LogP contribution in [0.1, 0.15) is 32.2 Å². The van der Waals surface area contributed by atoms with E-state index in [9.17, 15) is 0 Å². The van der Waals surface area contributed by atoms with E-state index in [1.807, 2.05) is 30.1 Å². The van der Waals surface area contributed by atoms with E-state index in [0.717, 1.165) is 11.4 Å². The summed E-state index contributed by atoms with van der Waals surface area (Å²) in [5.41, 5.74) is 7.42. The molecule has 4 nitrogen and oxygen atoms in total. The molecule has 0 spiro atoms. The molecule has 0 unspecified atom stereocenters. The zero-order valence-corrected chi connectivity index (χ0v) is 11.0. The first-order valence-electron chi connectivity index (χ1n) is 5.39. The smallest absolute Gasteiger partial charge is 0.180 e. The van der Waals surface area contributed by atoms with Crippen molar-refractivity contribution in [1.29, 1.82) is 0 Å². The van der Waals surface area contributed by atoms with Crippen molar-refractivity contribution in [3.05, 3.63) is 29.3 Å². The summed E-state index contributed by atoms with van der Waals surface area (Å²) >= 11 is 1.44. The number of hydrogen-bond acceptors (Lipinski definition) is 4. The fraction of sp³-hybridized carbons (Fsp3) is 0.333. The second-order valence-corrected chi connectivity index (χ2v) is 5.71. The number of rotatable bonds is 2. The molecule has 0 aliphatic heterocycles. The van der Waals surface area contributed by atoms with Crippen LogP contribution in [0.3, 0.4) is 0 Å². The second kappa shape index (κ2) is 4.33. The average molecular weight is 248 g/mol. The Morgan fingerprint density at radius 2 is 2.00 bits per heavy atom. The zero-order valence-electron chi connectivity index (χ0n) is 10.2. The second-order valence-electron chi connectivity index (χ2n) is 4.82. The number of anilines is 1. The SMILES string of the molecule is CC(C)(C)n1cnc(/C=C/c2csc(N)n2)c1. The number of aromatic nitrogens is 3. The molecule has 0 aromatic carbocycles. The predicted octanol–water partition coefficient (Wildman–Crippen LogP) is 2.85. The molecule has 2 aromatic heterocycles. The summed E-state index contributed by atoms with van der Waals surface area (Å²) in [5.74, 6) is 0. The minimum atomic E-state index is 0.0597. The van der Waals surface area contributed by atoms with E-state index in [1.165, 1.54) is 11.3 Å². The first-order chi connectivity index (χ1) is 7.95. The molecule has 5 heteroatoms. The first-order valence-corrected chi connectivity index (χ1v) is 6.27. The van der Waals surface area contributed by atoms with Crippen LogP contribution in [0.4, 0.5) is 5.13 Å². The highest BCUT2D eigenvalue weighted by atomic mass is 32.1. The molecule has 0 amide bonds. The highest BCUT2D eigenvalue weighted by Crippen LogP contribution is 2.16. The molecule has 0 radical (unpaired) electrons. The Balaban J connectivity index is 2.14. The van der Waals surface area contributed by atoms with Gasteiger partial charge in [0.2, 0.25) is 0 Å². The average Bonchev–Trinajstić information content (AvgIpc) is 2.82. The Bertz CT molecular complexity index is 531. The topological polar surface area (TPSA) is 56.7 Å². The van der Waals surface area contributed by atoms with Gasteiger partial charge in [0.15, 0.2) is 5.13 Å². The van der Waals surface area contributed by atoms with E-state index in [1.54, 1.807) is 0 Å². The van der Waals surface area contributed by atoms with Crippen LogP contribution in [0.2, 0.25) is 0 Å². The lowest BCUT2D eigenvalue weighted by Gasteiger charge is -2.19. The molecule has 0 saturated heterocycles. The van der Waals surface area contributed by atoms with Gasteiger partial charge < -0.3 is 10.3 Å². The maximum Gasteiger partial charge on any atom is 0.180 e. The number of thiazole rings is 1. The molecule has 0 bridgehead atoms. The van der Waals surface area contributed by atoms with Crippen LogP contribution in [0, 0.1) is 0 Å². The summed E-state index contributed by atoms with van der Waals surface area (Å²) in [6.07, 6.45) is 7.72. The molecule has 2 N–H and O–H groups in total. The molecule has 2 rings (SSSR count). The number of nitrogens with zero attached hydrogens (tertiary/aromatic N) is 3. The molecule has 90 valence electrons. The van der Waals surface area contributed by atoms with Crippen LogP contribution in [-0.2, 0) is 5.54 Å². The molecular weight excluding hydrogens is 232 g/mol. The third-order valence-corrected chi connectivity index (χ3v) is 3.03. The molecule has 0 fully saturated rings. The van der Waals surface area contributed by atoms with Gasteiger partial charge in [-0.05, 0) is 32.9 Å². The Labute approximate surface area is 105 Å². The summed E-state index contributed by atoms with van der Waals surface area (Å²) in [7, 11) is 0. The van der Waals surface area contributed by atoms with Gasteiger partial charge in [-0.2, -0.15) is 0 Å². The van der Waals surface area contributed by atoms with Crippen molar-refractivity contribution in [3.8, 4) is 0 Å². The zero-order chi connectivity index (χ0) is 12.5. The van der Waals surface area contributed by atoms with Gasteiger partial charge in [0, 0.05) is 17.1 Å². The van der Waals surface area contributed by atoms with Crippen LogP contribution < -0.4 is 5.73 Å². The van der Waals surface area contributed by atoms with E-state index >= 15 is 0 Å². The summed E-state index contributed by atoms with van der Waals surface area (Å²) < 4.78 is 2.09. The van der Waals surface area contributed by atoms with Gasteiger partial charge in [0.25, 0.3) is 0 Å². The Morgan fingerprint density at radius 3 is 2.53 bits per heavy atom. The van der Waals surface area contributed by atoms with Crippen molar-refractivity contribution in [2.24, 2.45) is 0 Å². The van der Waals surface area contributed by atoms with E-state index in [4.69, 9.17) is 5.73 Å². The summed E-state index contributed by atoms with van der Waals surface area (Å²) in [4.78, 5) is 8.48. The molecule has 0 saturated carbocycles. The van der Waals surface area contributed by atoms with Gasteiger partial charge in [-0.3, -0.25) is 0 Å². The monoisotopic (exact) mass is 248 g/mol. The molecule has 0 aliphatic rings. The van der Waals surface area contributed by atoms with E-state index in [2.05, 4.69) is 35.3 Å². The molecule has 0 aliphatic carbocycles. The van der Waals surface area contributed by atoms with Crippen LogP contribution >= 0.6 is 11.3 Å². The van der Waals surface area contributed by atoms with Gasteiger partial charge in [-0.1, -0.05) is 0 Å². The normalized spacial score (nSPS) is 12.4. The Morgan fingerprint density at radius 1 is 1.29 bits per heavy atom. The van der Waals surface area contributed by atoms with Crippen LogP contribution in [-0.4, -0.2) is 14.5 Å². The van der Waals surface area contributed by atoms with E-state index < -0.39 is 0 Å². The summed E-state index contributed by atoms with van der Waals surface area (Å²) in [5, 5.41) is 2.51. The number of nitrogen functional groups attached to an aromatic ring is 1. The van der Waals surface area contributed by atoms with Crippen molar-refractivity contribution in [3.63, 3.8) is 0 Å². The van der Waals surface area contributed by atoms with Crippen molar-refractivity contribution < 1.29 is 0 Å². The van der Waals surface area contributed by atoms with Crippen molar-refractivity contribution >= 4 is 28.6 Å². The maximum atomic E-state index is 5.56. The van der Waals surface area contributed by atoms with Gasteiger partial charge in [-0.15, -0.1) is 11.3 Å². The fourth-order valence-corrected chi connectivity index (χ4v) is 1.87. The minimum Gasteiger partial charge on any atom is -0.375 e. The highest BCUT2D eigenvalue weighted by Gasteiger charge is 2.12. The lowest BCUT2D eigenvalue weighted by atomic mass is 10.1. The highest BCUT2D eigenvalue weighted by molar-refractivity contribution is 7.13. The summed E-state index contributed by atoms with van der Waals surface area (Å²) in [6.45, 7) is 6.43. The summed E-state index contributed by atoms with van der Waals surface area (Å²) in [6, 6.07) is 0. The van der Waals surface area contributed by atoms with Crippen LogP contribution in [0.15, 0.2) is 17.9 Å². The lowest BCUT2D eigenvalue weighted by Crippen LogP contribution is -2.19. The Hall–Kier alpha value is -1.62. The number of hydrogen-bond donors (Lipinski definition) is 1. The predicted molar refractivity (Wildman–Crippen MR) is 72.7 cm³/mol. The van der Waals surface area contributed by atoms with Crippen LogP contribution in [0.25, 0.3) is 12.2 Å². The standard InChI is InChI=1S/C12H16N4S/c1-12(2,3)16-6-9(14-8-16)4-5-10-7-17-11(13)15-10/h4-8H,1-3H3,(H2,13,15)/b5-4+. The molecule has 17 heavy (non-hydrogen) atoms. The number of imidazole rings is 1. The molecule has 2 heterocycles. The molecule has 2 aromatic rings. The quantitative estimate of drug-likeness (QED) is 0.889. The van der Waals surface area contributed by atoms with Crippen molar-refractivity contribution in [1.82, 2.24) is 14.5 Å². The lowest BCUT2D eigenvalue weighted by molar-refractivity contribution is 0.396. The Kier molecular flexibility index (Phi) is 3.02. The maximum absolute atomic E-state index is 5.56. The van der Waals surface area contributed by atoms with Gasteiger partial charge >= 0.3 is 0 Å². The molecular formula is C12H16N4S. The van der Waals surface area contributed by atoms with Crippen molar-refractivity contribution in [2.45, 2.75) is 26.3 Å². The number of nitrogens with two attached hydrogens (primary N) is 1. The largest absolute Gasteiger partial charge is 0.375 e. The fourth-order valence-electron chi connectivity index (χ4n) is 1.34. The molecule has 0 atom stereocenters.